The van der Waals surface area contributed by atoms with Gasteiger partial charge in [-0.3, -0.25) is 0 Å². The van der Waals surface area contributed by atoms with Crippen molar-refractivity contribution in [1.82, 2.24) is 20.1 Å². The lowest BCUT2D eigenvalue weighted by Gasteiger charge is -2.14. The summed E-state index contributed by atoms with van der Waals surface area (Å²) < 4.78 is 7.51. The Kier molecular flexibility index (Phi) is 4.50. The minimum absolute atomic E-state index is 0.789. The minimum Gasteiger partial charge on any atom is -0.497 e. The van der Waals surface area contributed by atoms with Gasteiger partial charge in [-0.15, -0.1) is 10.2 Å². The molecule has 0 bridgehead atoms. The van der Waals surface area contributed by atoms with E-state index in [2.05, 4.69) is 32.2 Å². The van der Waals surface area contributed by atoms with Crippen molar-refractivity contribution in [1.29, 1.82) is 0 Å². The molecule has 0 aliphatic carbocycles. The van der Waals surface area contributed by atoms with Crippen molar-refractivity contribution < 1.29 is 4.74 Å². The minimum atomic E-state index is 0.789. The van der Waals surface area contributed by atoms with E-state index in [-0.39, 0.29) is 0 Å². The predicted molar refractivity (Wildman–Crippen MR) is 81.4 cm³/mol. The van der Waals surface area contributed by atoms with Crippen molar-refractivity contribution in [3.8, 4) is 5.75 Å². The van der Waals surface area contributed by atoms with Crippen molar-refractivity contribution >= 4 is 0 Å². The fourth-order valence-corrected chi connectivity index (χ4v) is 2.76. The lowest BCUT2D eigenvalue weighted by molar-refractivity contribution is 0.414. The van der Waals surface area contributed by atoms with Crippen LogP contribution in [-0.4, -0.2) is 28.4 Å². The van der Waals surface area contributed by atoms with Crippen LogP contribution in [0.25, 0.3) is 0 Å². The number of nitrogens with zero attached hydrogens (tertiary/aromatic N) is 3. The van der Waals surface area contributed by atoms with Gasteiger partial charge in [0.15, 0.2) is 0 Å². The van der Waals surface area contributed by atoms with E-state index < -0.39 is 0 Å². The van der Waals surface area contributed by atoms with Gasteiger partial charge < -0.3 is 14.6 Å². The zero-order valence-electron chi connectivity index (χ0n) is 12.5. The van der Waals surface area contributed by atoms with E-state index in [0.717, 1.165) is 49.9 Å². The van der Waals surface area contributed by atoms with Gasteiger partial charge in [0, 0.05) is 13.0 Å². The molecule has 0 radical (unpaired) electrons. The molecule has 21 heavy (non-hydrogen) atoms. The maximum Gasteiger partial charge on any atom is 0.147 e. The number of ether oxygens (including phenoxy) is 1. The Morgan fingerprint density at radius 3 is 3.14 bits per heavy atom. The smallest absolute Gasteiger partial charge is 0.147 e. The molecule has 3 rings (SSSR count). The summed E-state index contributed by atoms with van der Waals surface area (Å²) in [4.78, 5) is 0. The summed E-state index contributed by atoms with van der Waals surface area (Å²) in [7, 11) is 1.70. The lowest BCUT2D eigenvalue weighted by Crippen LogP contribution is -2.21. The van der Waals surface area contributed by atoms with Crippen molar-refractivity contribution in [2.75, 3.05) is 13.7 Å². The molecule has 0 amide bonds. The molecule has 1 N–H and O–H groups in total. The molecule has 1 aliphatic heterocycles. The number of aromatic nitrogens is 3. The number of rotatable bonds is 6. The molecule has 0 unspecified atom stereocenters. The zero-order chi connectivity index (χ0) is 14.5. The average Bonchev–Trinajstić information content (AvgIpc) is 2.95. The summed E-state index contributed by atoms with van der Waals surface area (Å²) in [5, 5.41) is 12.0. The fourth-order valence-electron chi connectivity index (χ4n) is 2.76. The summed E-state index contributed by atoms with van der Waals surface area (Å²) in [5.74, 6) is 3.13. The quantitative estimate of drug-likeness (QED) is 0.825. The zero-order valence-corrected chi connectivity index (χ0v) is 12.5. The van der Waals surface area contributed by atoms with Gasteiger partial charge in [-0.1, -0.05) is 12.1 Å². The predicted octanol–water partition coefficient (Wildman–Crippen LogP) is 1.96. The highest BCUT2D eigenvalue weighted by molar-refractivity contribution is 5.28. The van der Waals surface area contributed by atoms with Crippen LogP contribution in [-0.2, 0) is 25.9 Å². The second kappa shape index (κ2) is 6.72. The van der Waals surface area contributed by atoms with Crippen molar-refractivity contribution in [2.45, 2.75) is 38.8 Å². The van der Waals surface area contributed by atoms with Crippen LogP contribution in [0.4, 0.5) is 0 Å². The van der Waals surface area contributed by atoms with Gasteiger partial charge in [0.25, 0.3) is 0 Å². The molecule has 112 valence electrons. The number of aryl methyl sites for hydroxylation is 1. The maximum atomic E-state index is 5.24. The van der Waals surface area contributed by atoms with Crippen LogP contribution in [0.5, 0.6) is 5.75 Å². The molecule has 5 heteroatoms. The molecule has 1 aliphatic rings. The topological polar surface area (TPSA) is 52.0 Å². The number of benzene rings is 1. The van der Waals surface area contributed by atoms with E-state index in [1.54, 1.807) is 7.11 Å². The van der Waals surface area contributed by atoms with Gasteiger partial charge in [0.1, 0.15) is 17.4 Å². The number of fused-ring (bicyclic) bond motifs is 1. The van der Waals surface area contributed by atoms with Gasteiger partial charge in [-0.2, -0.15) is 0 Å². The SMILES string of the molecule is COc1cccc(CCNCc2nnc3n2CCCC3)c1. The molecule has 0 saturated heterocycles. The van der Waals surface area contributed by atoms with Gasteiger partial charge in [-0.25, -0.2) is 0 Å². The molecule has 0 atom stereocenters. The van der Waals surface area contributed by atoms with Crippen LogP contribution in [0.3, 0.4) is 0 Å². The second-order valence-corrected chi connectivity index (χ2v) is 5.42. The molecule has 0 spiro atoms. The largest absolute Gasteiger partial charge is 0.497 e. The van der Waals surface area contributed by atoms with E-state index in [1.165, 1.54) is 18.4 Å². The van der Waals surface area contributed by atoms with Crippen LogP contribution >= 0.6 is 0 Å². The van der Waals surface area contributed by atoms with Crippen LogP contribution in [0.2, 0.25) is 0 Å². The Bertz CT molecular complexity index is 594. The summed E-state index contributed by atoms with van der Waals surface area (Å²) in [6.45, 7) is 2.78. The summed E-state index contributed by atoms with van der Waals surface area (Å²) in [6, 6.07) is 8.21. The van der Waals surface area contributed by atoms with E-state index in [0.29, 0.717) is 0 Å². The standard InChI is InChI=1S/C16H22N4O/c1-21-14-6-4-5-13(11-14)8-9-17-12-16-19-18-15-7-2-3-10-20(15)16/h4-6,11,17H,2-3,7-10,12H2,1H3. The summed E-state index contributed by atoms with van der Waals surface area (Å²) in [6.07, 6.45) is 4.53. The maximum absolute atomic E-state index is 5.24. The molecule has 0 saturated carbocycles. The highest BCUT2D eigenvalue weighted by Gasteiger charge is 2.14. The van der Waals surface area contributed by atoms with Gasteiger partial charge >= 0.3 is 0 Å². The number of methoxy groups -OCH3 is 1. The Labute approximate surface area is 125 Å². The third kappa shape index (κ3) is 3.42. The number of hydrogen-bond acceptors (Lipinski definition) is 4. The van der Waals surface area contributed by atoms with Crippen LogP contribution in [0.15, 0.2) is 24.3 Å². The number of hydrogen-bond donors (Lipinski definition) is 1. The molecule has 1 aromatic carbocycles. The highest BCUT2D eigenvalue weighted by Crippen LogP contribution is 2.14. The van der Waals surface area contributed by atoms with Crippen LogP contribution < -0.4 is 10.1 Å². The summed E-state index contributed by atoms with van der Waals surface area (Å²) >= 11 is 0. The normalized spacial score (nSPS) is 14.0. The Hall–Kier alpha value is -1.88. The molecule has 2 heterocycles. The van der Waals surface area contributed by atoms with Crippen LogP contribution in [0, 0.1) is 0 Å². The number of nitrogens with one attached hydrogen (secondary N) is 1. The first-order valence-electron chi connectivity index (χ1n) is 7.61. The molecular formula is C16H22N4O. The highest BCUT2D eigenvalue weighted by atomic mass is 16.5. The van der Waals surface area contributed by atoms with E-state index in [1.807, 2.05) is 12.1 Å². The summed E-state index contributed by atoms with van der Waals surface area (Å²) in [5.41, 5.74) is 1.28. The average molecular weight is 286 g/mol. The first-order valence-corrected chi connectivity index (χ1v) is 7.61. The molecule has 2 aromatic rings. The van der Waals surface area contributed by atoms with E-state index >= 15 is 0 Å². The fraction of sp³-hybridized carbons (Fsp3) is 0.500. The van der Waals surface area contributed by atoms with Crippen molar-refractivity contribution in [3.63, 3.8) is 0 Å². The van der Waals surface area contributed by atoms with Crippen molar-refractivity contribution in [2.24, 2.45) is 0 Å². The molecular weight excluding hydrogens is 264 g/mol. The molecule has 0 fully saturated rings. The van der Waals surface area contributed by atoms with E-state index in [4.69, 9.17) is 4.74 Å². The van der Waals surface area contributed by atoms with E-state index in [9.17, 15) is 0 Å². The Balaban J connectivity index is 1.49. The van der Waals surface area contributed by atoms with Gasteiger partial charge in [0.05, 0.1) is 13.7 Å². The van der Waals surface area contributed by atoms with Crippen molar-refractivity contribution in [3.05, 3.63) is 41.5 Å². The third-order valence-electron chi connectivity index (χ3n) is 3.94. The second-order valence-electron chi connectivity index (χ2n) is 5.42. The van der Waals surface area contributed by atoms with Gasteiger partial charge in [-0.05, 0) is 43.5 Å². The van der Waals surface area contributed by atoms with Gasteiger partial charge in [0.2, 0.25) is 0 Å². The monoisotopic (exact) mass is 286 g/mol. The third-order valence-corrected chi connectivity index (χ3v) is 3.94. The Morgan fingerprint density at radius 1 is 1.29 bits per heavy atom. The lowest BCUT2D eigenvalue weighted by atomic mass is 10.1. The van der Waals surface area contributed by atoms with Crippen LogP contribution in [0.1, 0.15) is 30.1 Å². The molecule has 5 nitrogen and oxygen atoms in total. The first-order chi connectivity index (χ1) is 10.4. The molecule has 1 aromatic heterocycles. The first kappa shape index (κ1) is 14.1. The Morgan fingerprint density at radius 2 is 2.24 bits per heavy atom.